The van der Waals surface area contributed by atoms with Crippen LogP contribution in [0.5, 0.6) is 11.5 Å². The molecule has 9 heteroatoms. The molecule has 0 saturated carbocycles. The standard InChI is InChI=1S/C27H26N4O5/c1-4-17-7-9-18(10-8-17)25-29-26(36-30-25)23-16(2)31(15-20-6-5-13-35-20)27(33)28-24(23)19-11-12-22(34-3)21(32)14-19/h5-14,24,32H,4,15H2,1-3H3,(H,28,33). The van der Waals surface area contributed by atoms with Crippen LogP contribution in [-0.2, 0) is 13.0 Å². The monoisotopic (exact) mass is 486 g/mol. The molecule has 0 radical (unpaired) electrons. The first-order chi connectivity index (χ1) is 17.5. The van der Waals surface area contributed by atoms with Gasteiger partial charge in [0.05, 0.1) is 31.5 Å². The summed E-state index contributed by atoms with van der Waals surface area (Å²) in [5.74, 6) is 1.64. The van der Waals surface area contributed by atoms with Crippen LogP contribution < -0.4 is 10.1 Å². The molecule has 36 heavy (non-hydrogen) atoms. The number of methoxy groups -OCH3 is 1. The second kappa shape index (κ2) is 9.61. The number of nitrogens with zero attached hydrogens (tertiary/aromatic N) is 3. The molecule has 1 aliphatic rings. The maximum Gasteiger partial charge on any atom is 0.322 e. The van der Waals surface area contributed by atoms with Crippen molar-refractivity contribution in [3.8, 4) is 22.9 Å². The maximum absolute atomic E-state index is 13.2. The number of rotatable bonds is 7. The van der Waals surface area contributed by atoms with Gasteiger partial charge in [-0.25, -0.2) is 4.79 Å². The molecule has 0 fully saturated rings. The number of aryl methyl sites for hydroxylation is 1. The van der Waals surface area contributed by atoms with Crippen molar-refractivity contribution in [2.24, 2.45) is 0 Å². The van der Waals surface area contributed by atoms with E-state index >= 15 is 0 Å². The Kier molecular flexibility index (Phi) is 6.20. The van der Waals surface area contributed by atoms with Crippen LogP contribution in [0.1, 0.15) is 42.7 Å². The van der Waals surface area contributed by atoms with Gasteiger partial charge in [0.1, 0.15) is 5.76 Å². The molecule has 2 amide bonds. The molecule has 3 heterocycles. The quantitative estimate of drug-likeness (QED) is 0.364. The molecule has 9 nitrogen and oxygen atoms in total. The molecule has 5 rings (SSSR count). The summed E-state index contributed by atoms with van der Waals surface area (Å²) in [6.07, 6.45) is 2.50. The summed E-state index contributed by atoms with van der Waals surface area (Å²) >= 11 is 0. The van der Waals surface area contributed by atoms with Gasteiger partial charge in [-0.05, 0) is 48.7 Å². The normalized spacial score (nSPS) is 15.8. The molecular weight excluding hydrogens is 460 g/mol. The Morgan fingerprint density at radius 3 is 2.64 bits per heavy atom. The van der Waals surface area contributed by atoms with Crippen molar-refractivity contribution in [2.75, 3.05) is 7.11 Å². The zero-order chi connectivity index (χ0) is 25.2. The number of urea groups is 1. The minimum Gasteiger partial charge on any atom is -0.504 e. The van der Waals surface area contributed by atoms with Gasteiger partial charge in [0, 0.05) is 11.3 Å². The minimum atomic E-state index is -0.641. The molecule has 0 saturated heterocycles. The highest BCUT2D eigenvalue weighted by Crippen LogP contribution is 2.40. The fourth-order valence-electron chi connectivity index (χ4n) is 4.28. The summed E-state index contributed by atoms with van der Waals surface area (Å²) in [6, 6.07) is 15.6. The number of furan rings is 1. The van der Waals surface area contributed by atoms with Gasteiger partial charge in [-0.3, -0.25) is 4.90 Å². The Morgan fingerprint density at radius 2 is 1.97 bits per heavy atom. The number of carbonyl (C=O) groups excluding carboxylic acids is 1. The number of aromatic hydroxyl groups is 1. The third-order valence-corrected chi connectivity index (χ3v) is 6.30. The van der Waals surface area contributed by atoms with Gasteiger partial charge in [-0.2, -0.15) is 4.98 Å². The number of ether oxygens (including phenoxy) is 1. The number of amides is 2. The van der Waals surface area contributed by atoms with Crippen LogP contribution in [-0.4, -0.2) is 33.3 Å². The van der Waals surface area contributed by atoms with Crippen LogP contribution in [0.2, 0.25) is 0 Å². The minimum absolute atomic E-state index is 0.0403. The van der Waals surface area contributed by atoms with Gasteiger partial charge in [0.15, 0.2) is 11.5 Å². The number of benzene rings is 2. The molecule has 0 aliphatic carbocycles. The summed E-state index contributed by atoms with van der Waals surface area (Å²) in [6.45, 7) is 4.15. The van der Waals surface area contributed by atoms with Crippen LogP contribution in [0.25, 0.3) is 17.0 Å². The number of nitrogens with one attached hydrogen (secondary N) is 1. The molecule has 2 aromatic carbocycles. The number of aromatic nitrogens is 2. The van der Waals surface area contributed by atoms with E-state index in [1.54, 1.807) is 41.5 Å². The summed E-state index contributed by atoms with van der Waals surface area (Å²) in [5, 5.41) is 17.6. The zero-order valence-corrected chi connectivity index (χ0v) is 20.2. The van der Waals surface area contributed by atoms with Crippen molar-refractivity contribution in [1.29, 1.82) is 0 Å². The molecule has 184 valence electrons. The molecule has 1 aliphatic heterocycles. The number of allylic oxidation sites excluding steroid dienone is 1. The highest BCUT2D eigenvalue weighted by atomic mass is 16.5. The Hall–Kier alpha value is -4.53. The Bertz CT molecular complexity index is 1410. The average Bonchev–Trinajstić information content (AvgIpc) is 3.59. The van der Waals surface area contributed by atoms with Crippen molar-refractivity contribution in [3.63, 3.8) is 0 Å². The van der Waals surface area contributed by atoms with Crippen LogP contribution in [0.15, 0.2) is 75.5 Å². The Balaban J connectivity index is 1.59. The van der Waals surface area contributed by atoms with E-state index in [1.165, 1.54) is 12.7 Å². The van der Waals surface area contributed by atoms with E-state index in [0.717, 1.165) is 12.0 Å². The topological polar surface area (TPSA) is 114 Å². The molecule has 1 unspecified atom stereocenters. The van der Waals surface area contributed by atoms with Gasteiger partial charge in [-0.1, -0.05) is 42.4 Å². The average molecular weight is 487 g/mol. The molecule has 2 aromatic heterocycles. The van der Waals surface area contributed by atoms with Crippen molar-refractivity contribution in [1.82, 2.24) is 20.4 Å². The number of hydrogen-bond donors (Lipinski definition) is 2. The fraction of sp³-hybridized carbons (Fsp3) is 0.222. The highest BCUT2D eigenvalue weighted by molar-refractivity contribution is 5.87. The summed E-state index contributed by atoms with van der Waals surface area (Å²) in [7, 11) is 1.48. The lowest BCUT2D eigenvalue weighted by Crippen LogP contribution is -2.45. The summed E-state index contributed by atoms with van der Waals surface area (Å²) < 4.78 is 16.4. The molecule has 2 N–H and O–H groups in total. The zero-order valence-electron chi connectivity index (χ0n) is 20.2. The first-order valence-electron chi connectivity index (χ1n) is 11.6. The van der Waals surface area contributed by atoms with Gasteiger partial charge in [-0.15, -0.1) is 0 Å². The third-order valence-electron chi connectivity index (χ3n) is 6.30. The van der Waals surface area contributed by atoms with E-state index in [1.807, 2.05) is 31.2 Å². The third kappa shape index (κ3) is 4.31. The second-order valence-electron chi connectivity index (χ2n) is 8.45. The van der Waals surface area contributed by atoms with E-state index in [-0.39, 0.29) is 24.2 Å². The molecule has 0 spiro atoms. The summed E-state index contributed by atoms with van der Waals surface area (Å²) in [5.41, 5.74) is 3.93. The number of phenols is 1. The van der Waals surface area contributed by atoms with Gasteiger partial charge >= 0.3 is 6.03 Å². The number of phenolic OH excluding ortho intramolecular Hbond substituents is 1. The van der Waals surface area contributed by atoms with Crippen LogP contribution in [0.4, 0.5) is 4.79 Å². The van der Waals surface area contributed by atoms with E-state index in [0.29, 0.717) is 34.2 Å². The first kappa shape index (κ1) is 23.2. The van der Waals surface area contributed by atoms with Gasteiger partial charge in [0.2, 0.25) is 5.82 Å². The maximum atomic E-state index is 13.2. The highest BCUT2D eigenvalue weighted by Gasteiger charge is 2.36. The van der Waals surface area contributed by atoms with Gasteiger partial charge < -0.3 is 24.1 Å². The number of carbonyl (C=O) groups is 1. The van der Waals surface area contributed by atoms with Gasteiger partial charge in [0.25, 0.3) is 5.89 Å². The lowest BCUT2D eigenvalue weighted by molar-refractivity contribution is 0.199. The fourth-order valence-corrected chi connectivity index (χ4v) is 4.28. The molecular formula is C27H26N4O5. The second-order valence-corrected chi connectivity index (χ2v) is 8.45. The lowest BCUT2D eigenvalue weighted by atomic mass is 9.94. The number of hydrogen-bond acceptors (Lipinski definition) is 7. The van der Waals surface area contributed by atoms with Crippen LogP contribution in [0, 0.1) is 0 Å². The predicted octanol–water partition coefficient (Wildman–Crippen LogP) is 5.30. The van der Waals surface area contributed by atoms with Crippen molar-refractivity contribution >= 4 is 11.6 Å². The van der Waals surface area contributed by atoms with E-state index < -0.39 is 6.04 Å². The molecule has 0 bridgehead atoms. The van der Waals surface area contributed by atoms with E-state index in [9.17, 15) is 9.90 Å². The molecule has 1 atom stereocenters. The van der Waals surface area contributed by atoms with E-state index in [4.69, 9.17) is 13.7 Å². The molecule has 4 aromatic rings. The van der Waals surface area contributed by atoms with Crippen molar-refractivity contribution in [3.05, 3.63) is 89.3 Å². The van der Waals surface area contributed by atoms with E-state index in [2.05, 4.69) is 22.4 Å². The summed E-state index contributed by atoms with van der Waals surface area (Å²) in [4.78, 5) is 19.4. The Labute approximate surface area is 208 Å². The predicted molar refractivity (Wildman–Crippen MR) is 132 cm³/mol. The largest absolute Gasteiger partial charge is 0.504 e. The SMILES string of the molecule is CCc1ccc(-c2noc(C3=C(C)N(Cc4ccco4)C(=O)NC3c3ccc(OC)c(O)c3)n2)cc1. The van der Waals surface area contributed by atoms with Crippen LogP contribution in [0.3, 0.4) is 0 Å². The van der Waals surface area contributed by atoms with Crippen LogP contribution >= 0.6 is 0 Å². The van der Waals surface area contributed by atoms with Crippen molar-refractivity contribution < 1.29 is 23.6 Å². The van der Waals surface area contributed by atoms with Crippen molar-refractivity contribution in [2.45, 2.75) is 32.9 Å². The Morgan fingerprint density at radius 1 is 1.17 bits per heavy atom. The first-order valence-corrected chi connectivity index (χ1v) is 11.6. The smallest absolute Gasteiger partial charge is 0.322 e. The lowest BCUT2D eigenvalue weighted by Gasteiger charge is -2.34.